The van der Waals surface area contributed by atoms with Crippen molar-refractivity contribution < 1.29 is 14.4 Å². The average Bonchev–Trinajstić information content (AvgIpc) is 3.17. The molecule has 1 fully saturated rings. The molecule has 0 unspecified atom stereocenters. The van der Waals surface area contributed by atoms with Crippen molar-refractivity contribution in [2.45, 2.75) is 32.4 Å². The molecule has 160 valence electrons. The number of benzene rings is 2. The second kappa shape index (κ2) is 8.73. The molecule has 2 aliphatic rings. The number of carbonyl (C=O) groups excluding carboxylic acids is 3. The number of amides is 2. The van der Waals surface area contributed by atoms with Crippen molar-refractivity contribution in [3.05, 3.63) is 77.0 Å². The van der Waals surface area contributed by atoms with E-state index >= 15 is 0 Å². The second-order valence-corrected chi connectivity index (χ2v) is 7.95. The average molecular weight is 418 g/mol. The van der Waals surface area contributed by atoms with Crippen LogP contribution in [0.5, 0.6) is 0 Å². The highest BCUT2D eigenvalue weighted by Gasteiger charge is 2.32. The Hall–Kier alpha value is -3.45. The van der Waals surface area contributed by atoms with Gasteiger partial charge in [-0.05, 0) is 30.0 Å². The molecule has 1 atom stereocenters. The zero-order valence-electron chi connectivity index (χ0n) is 17.5. The number of Topliss-reactive ketones (excluding diaryl/α,β-unsaturated/α-hetero) is 1. The van der Waals surface area contributed by atoms with Gasteiger partial charge in [0, 0.05) is 13.0 Å². The first-order valence-corrected chi connectivity index (χ1v) is 10.4. The van der Waals surface area contributed by atoms with Crippen LogP contribution in [0.1, 0.15) is 42.5 Å². The summed E-state index contributed by atoms with van der Waals surface area (Å²) in [7, 11) is 0. The van der Waals surface area contributed by atoms with Crippen molar-refractivity contribution in [2.75, 3.05) is 13.1 Å². The molecule has 0 bridgehead atoms. The SMILES string of the molecule is CC(=O)[C@@H](NC(=O)C1=C(CN2CCCC2=O)N(N)Cc2ccccc21)c1ccccc1. The summed E-state index contributed by atoms with van der Waals surface area (Å²) in [6, 6.07) is 16.0. The number of nitrogens with two attached hydrogens (primary N) is 1. The summed E-state index contributed by atoms with van der Waals surface area (Å²) in [5.74, 6) is 5.86. The van der Waals surface area contributed by atoms with Crippen LogP contribution in [0.25, 0.3) is 5.57 Å². The van der Waals surface area contributed by atoms with Crippen LogP contribution in [0.3, 0.4) is 0 Å². The van der Waals surface area contributed by atoms with Gasteiger partial charge >= 0.3 is 0 Å². The first-order valence-electron chi connectivity index (χ1n) is 10.4. The number of carbonyl (C=O) groups is 3. The van der Waals surface area contributed by atoms with Crippen LogP contribution in [0.2, 0.25) is 0 Å². The molecule has 2 aromatic carbocycles. The Morgan fingerprint density at radius 2 is 1.81 bits per heavy atom. The molecule has 7 nitrogen and oxygen atoms in total. The Bertz CT molecular complexity index is 1050. The van der Waals surface area contributed by atoms with E-state index in [-0.39, 0.29) is 24.1 Å². The number of nitrogens with one attached hydrogen (secondary N) is 1. The van der Waals surface area contributed by atoms with E-state index in [0.717, 1.165) is 17.5 Å². The van der Waals surface area contributed by atoms with Crippen LogP contribution < -0.4 is 11.2 Å². The monoisotopic (exact) mass is 418 g/mol. The van der Waals surface area contributed by atoms with Gasteiger partial charge in [0.2, 0.25) is 5.91 Å². The molecule has 1 saturated heterocycles. The third kappa shape index (κ3) is 4.22. The summed E-state index contributed by atoms with van der Waals surface area (Å²) in [6.45, 7) is 2.81. The van der Waals surface area contributed by atoms with Gasteiger partial charge in [-0.25, -0.2) is 5.84 Å². The van der Waals surface area contributed by atoms with Gasteiger partial charge in [-0.1, -0.05) is 54.6 Å². The smallest absolute Gasteiger partial charge is 0.254 e. The minimum absolute atomic E-state index is 0.0606. The number of hydrazine groups is 1. The maximum atomic E-state index is 13.6. The number of hydrogen-bond acceptors (Lipinski definition) is 5. The van der Waals surface area contributed by atoms with Crippen molar-refractivity contribution >= 4 is 23.2 Å². The van der Waals surface area contributed by atoms with E-state index < -0.39 is 6.04 Å². The standard InChI is InChI=1S/C24H26N4O3/c1-16(29)23(17-8-3-2-4-9-17)26-24(31)22-19-11-6-5-10-18(19)14-28(25)20(22)15-27-13-7-12-21(27)30/h2-6,8-11,23H,7,12-15,25H2,1H3,(H,26,31)/t23-/m1/s1. The van der Waals surface area contributed by atoms with Crippen molar-refractivity contribution in [2.24, 2.45) is 5.84 Å². The van der Waals surface area contributed by atoms with Crippen LogP contribution in [-0.2, 0) is 20.9 Å². The molecule has 2 aliphatic heterocycles. The topological polar surface area (TPSA) is 95.7 Å². The Balaban J connectivity index is 1.74. The van der Waals surface area contributed by atoms with Crippen LogP contribution in [0, 0.1) is 0 Å². The fourth-order valence-corrected chi connectivity index (χ4v) is 4.22. The summed E-state index contributed by atoms with van der Waals surface area (Å²) < 4.78 is 0. The Morgan fingerprint density at radius 1 is 1.10 bits per heavy atom. The predicted molar refractivity (Wildman–Crippen MR) is 117 cm³/mol. The first-order chi connectivity index (χ1) is 15.0. The highest BCUT2D eigenvalue weighted by atomic mass is 16.2. The lowest BCUT2D eigenvalue weighted by molar-refractivity contribution is -0.127. The zero-order valence-corrected chi connectivity index (χ0v) is 17.5. The highest BCUT2D eigenvalue weighted by molar-refractivity contribution is 6.22. The van der Waals surface area contributed by atoms with Gasteiger partial charge in [0.25, 0.3) is 5.91 Å². The van der Waals surface area contributed by atoms with Gasteiger partial charge in [-0.3, -0.25) is 14.4 Å². The number of ketones is 1. The molecule has 0 spiro atoms. The predicted octanol–water partition coefficient (Wildman–Crippen LogP) is 2.16. The van der Waals surface area contributed by atoms with Crippen LogP contribution in [-0.4, -0.2) is 40.6 Å². The van der Waals surface area contributed by atoms with E-state index in [1.54, 1.807) is 4.90 Å². The van der Waals surface area contributed by atoms with Crippen LogP contribution in [0.4, 0.5) is 0 Å². The molecule has 4 rings (SSSR count). The van der Waals surface area contributed by atoms with E-state index in [1.165, 1.54) is 11.9 Å². The molecule has 0 aromatic heterocycles. The van der Waals surface area contributed by atoms with Gasteiger partial charge in [-0.15, -0.1) is 0 Å². The van der Waals surface area contributed by atoms with Crippen molar-refractivity contribution in [1.29, 1.82) is 0 Å². The Kier molecular flexibility index (Phi) is 5.86. The summed E-state index contributed by atoms with van der Waals surface area (Å²) in [4.78, 5) is 39.9. The molecular formula is C24H26N4O3. The minimum Gasteiger partial charge on any atom is -0.338 e. The van der Waals surface area contributed by atoms with Gasteiger partial charge in [-0.2, -0.15) is 0 Å². The zero-order chi connectivity index (χ0) is 22.0. The van der Waals surface area contributed by atoms with E-state index in [0.29, 0.717) is 36.3 Å². The number of likely N-dealkylation sites (tertiary alicyclic amines) is 1. The quantitative estimate of drug-likeness (QED) is 0.701. The Morgan fingerprint density at radius 3 is 2.48 bits per heavy atom. The maximum Gasteiger partial charge on any atom is 0.254 e. The molecule has 0 saturated carbocycles. The molecule has 7 heteroatoms. The largest absolute Gasteiger partial charge is 0.338 e. The van der Waals surface area contributed by atoms with Gasteiger partial charge < -0.3 is 15.2 Å². The van der Waals surface area contributed by atoms with Gasteiger partial charge in [0.05, 0.1) is 24.4 Å². The lowest BCUT2D eigenvalue weighted by Gasteiger charge is -2.33. The van der Waals surface area contributed by atoms with Crippen LogP contribution in [0.15, 0.2) is 60.3 Å². The minimum atomic E-state index is -0.767. The molecule has 31 heavy (non-hydrogen) atoms. The van der Waals surface area contributed by atoms with Gasteiger partial charge in [0.15, 0.2) is 5.78 Å². The third-order valence-electron chi connectivity index (χ3n) is 5.82. The van der Waals surface area contributed by atoms with Crippen molar-refractivity contribution in [3.63, 3.8) is 0 Å². The lowest BCUT2D eigenvalue weighted by Crippen LogP contribution is -2.43. The third-order valence-corrected chi connectivity index (χ3v) is 5.82. The molecule has 3 N–H and O–H groups in total. The molecular weight excluding hydrogens is 392 g/mol. The van der Waals surface area contributed by atoms with E-state index in [1.807, 2.05) is 54.6 Å². The van der Waals surface area contributed by atoms with E-state index in [9.17, 15) is 14.4 Å². The molecule has 2 heterocycles. The summed E-state index contributed by atoms with van der Waals surface area (Å²) >= 11 is 0. The second-order valence-electron chi connectivity index (χ2n) is 7.95. The summed E-state index contributed by atoms with van der Waals surface area (Å²) in [6.07, 6.45) is 1.31. The number of hydrogen-bond donors (Lipinski definition) is 2. The normalized spacial score (nSPS) is 16.9. The fourth-order valence-electron chi connectivity index (χ4n) is 4.22. The lowest BCUT2D eigenvalue weighted by atomic mass is 9.92. The summed E-state index contributed by atoms with van der Waals surface area (Å²) in [5.41, 5.74) is 3.41. The fraction of sp³-hybridized carbons (Fsp3) is 0.292. The van der Waals surface area contributed by atoms with Crippen LogP contribution >= 0.6 is 0 Å². The Labute approximate surface area is 181 Å². The molecule has 0 aliphatic carbocycles. The van der Waals surface area contributed by atoms with E-state index in [2.05, 4.69) is 5.32 Å². The van der Waals surface area contributed by atoms with E-state index in [4.69, 9.17) is 5.84 Å². The van der Waals surface area contributed by atoms with Gasteiger partial charge in [0.1, 0.15) is 6.04 Å². The molecule has 2 amide bonds. The number of rotatable bonds is 6. The maximum absolute atomic E-state index is 13.6. The number of nitrogens with zero attached hydrogens (tertiary/aromatic N) is 2. The number of fused-ring (bicyclic) bond motifs is 1. The molecule has 0 radical (unpaired) electrons. The first kappa shape index (κ1) is 20.8. The summed E-state index contributed by atoms with van der Waals surface area (Å²) in [5, 5.41) is 4.43. The molecule has 2 aromatic rings. The highest BCUT2D eigenvalue weighted by Crippen LogP contribution is 2.32. The van der Waals surface area contributed by atoms with Crippen molar-refractivity contribution in [3.8, 4) is 0 Å². The van der Waals surface area contributed by atoms with Crippen molar-refractivity contribution in [1.82, 2.24) is 15.2 Å².